The molecule has 0 N–H and O–H groups in total. The van der Waals surface area contributed by atoms with E-state index in [-0.39, 0.29) is 18.3 Å². The SMILES string of the molecule is Cc1nc(SCCCCC(=O)N2CCN(Cc3ccc4c(c3)OCO4)CC2)n(C)c(=O)c1Cc1ccc(Br)cc1. The fourth-order valence-corrected chi connectivity index (χ4v) is 6.30. The number of aryl methyl sites for hydroxylation is 1. The van der Waals surface area contributed by atoms with Gasteiger partial charge in [-0.1, -0.05) is 45.9 Å². The fraction of sp³-hybridized carbons (Fsp3) is 0.433. The fourth-order valence-electron chi connectivity index (χ4n) is 5.02. The number of nitrogens with zero attached hydrogens (tertiary/aromatic N) is 4. The Hall–Kier alpha value is -2.82. The van der Waals surface area contributed by atoms with E-state index >= 15 is 0 Å². The van der Waals surface area contributed by atoms with Crippen LogP contribution >= 0.6 is 27.7 Å². The molecule has 40 heavy (non-hydrogen) atoms. The lowest BCUT2D eigenvalue weighted by atomic mass is 10.1. The molecule has 0 atom stereocenters. The summed E-state index contributed by atoms with van der Waals surface area (Å²) >= 11 is 5.04. The lowest BCUT2D eigenvalue weighted by molar-refractivity contribution is -0.133. The molecule has 10 heteroatoms. The third kappa shape index (κ3) is 7.08. The first-order chi connectivity index (χ1) is 19.4. The minimum absolute atomic E-state index is 0.00534. The molecule has 2 aliphatic rings. The summed E-state index contributed by atoms with van der Waals surface area (Å²) < 4.78 is 13.6. The van der Waals surface area contributed by atoms with E-state index in [0.29, 0.717) is 12.8 Å². The van der Waals surface area contributed by atoms with Crippen molar-refractivity contribution in [3.05, 3.63) is 79.7 Å². The third-order valence-corrected chi connectivity index (χ3v) is 9.07. The molecule has 0 radical (unpaired) electrons. The molecule has 0 unspecified atom stereocenters. The average Bonchev–Trinajstić information content (AvgIpc) is 3.43. The number of amides is 1. The van der Waals surface area contributed by atoms with Crippen LogP contribution in [0.5, 0.6) is 11.5 Å². The highest BCUT2D eigenvalue weighted by atomic mass is 79.9. The Morgan fingerprint density at radius 2 is 1.73 bits per heavy atom. The number of thioether (sulfide) groups is 1. The number of aromatic nitrogens is 2. The molecule has 2 aliphatic heterocycles. The molecule has 0 saturated carbocycles. The number of hydrogen-bond donors (Lipinski definition) is 0. The van der Waals surface area contributed by atoms with Crippen LogP contribution in [0.15, 0.2) is 56.9 Å². The van der Waals surface area contributed by atoms with Crippen molar-refractivity contribution in [3.8, 4) is 11.5 Å². The number of carbonyl (C=O) groups excluding carboxylic acids is 1. The molecular weight excluding hydrogens is 592 g/mol. The van der Waals surface area contributed by atoms with E-state index in [1.54, 1.807) is 23.4 Å². The number of rotatable bonds is 10. The van der Waals surface area contributed by atoms with Gasteiger partial charge in [0.25, 0.3) is 5.56 Å². The molecule has 212 valence electrons. The lowest BCUT2D eigenvalue weighted by Gasteiger charge is -2.34. The van der Waals surface area contributed by atoms with Crippen LogP contribution in [0.2, 0.25) is 0 Å². The van der Waals surface area contributed by atoms with Crippen molar-refractivity contribution >= 4 is 33.6 Å². The number of benzene rings is 2. The van der Waals surface area contributed by atoms with Crippen molar-refractivity contribution in [2.75, 3.05) is 38.7 Å². The molecule has 0 aliphatic carbocycles. The summed E-state index contributed by atoms with van der Waals surface area (Å²) in [5.74, 6) is 2.67. The quantitative estimate of drug-likeness (QED) is 0.182. The number of halogens is 1. The highest BCUT2D eigenvalue weighted by molar-refractivity contribution is 9.10. The van der Waals surface area contributed by atoms with Crippen molar-refractivity contribution in [2.24, 2.45) is 7.05 Å². The largest absolute Gasteiger partial charge is 0.454 e. The highest BCUT2D eigenvalue weighted by Crippen LogP contribution is 2.33. The van der Waals surface area contributed by atoms with Gasteiger partial charge in [-0.25, -0.2) is 4.98 Å². The Morgan fingerprint density at radius 3 is 2.50 bits per heavy atom. The van der Waals surface area contributed by atoms with Gasteiger partial charge in [0.05, 0.1) is 0 Å². The molecule has 5 rings (SSSR count). The molecule has 1 saturated heterocycles. The van der Waals surface area contributed by atoms with E-state index in [4.69, 9.17) is 14.5 Å². The predicted octanol–water partition coefficient (Wildman–Crippen LogP) is 4.78. The second kappa shape index (κ2) is 13.2. The normalized spacial score (nSPS) is 15.0. The third-order valence-electron chi connectivity index (χ3n) is 7.43. The van der Waals surface area contributed by atoms with Crippen LogP contribution in [0.3, 0.4) is 0 Å². The zero-order chi connectivity index (χ0) is 28.1. The van der Waals surface area contributed by atoms with Crippen LogP contribution in [-0.4, -0.2) is 64.0 Å². The van der Waals surface area contributed by atoms with Gasteiger partial charge >= 0.3 is 0 Å². The average molecular weight is 628 g/mol. The zero-order valence-corrected chi connectivity index (χ0v) is 25.4. The van der Waals surface area contributed by atoms with Crippen LogP contribution in [0.1, 0.15) is 41.6 Å². The number of unbranched alkanes of at least 4 members (excludes halogenated alkanes) is 1. The number of ether oxygens (including phenoxy) is 2. The van der Waals surface area contributed by atoms with E-state index in [9.17, 15) is 9.59 Å². The van der Waals surface area contributed by atoms with Crippen molar-refractivity contribution in [1.82, 2.24) is 19.4 Å². The van der Waals surface area contributed by atoms with Gasteiger partial charge in [0.2, 0.25) is 12.7 Å². The van der Waals surface area contributed by atoms with Crippen molar-refractivity contribution in [2.45, 2.75) is 44.3 Å². The Labute approximate surface area is 247 Å². The monoisotopic (exact) mass is 626 g/mol. The van der Waals surface area contributed by atoms with Crippen LogP contribution in [-0.2, 0) is 24.8 Å². The summed E-state index contributed by atoms with van der Waals surface area (Å²) in [5, 5.41) is 0.729. The van der Waals surface area contributed by atoms with E-state index in [2.05, 4.69) is 26.9 Å². The van der Waals surface area contributed by atoms with E-state index in [1.807, 2.05) is 48.2 Å². The van der Waals surface area contributed by atoms with Gasteiger partial charge in [0.1, 0.15) is 0 Å². The summed E-state index contributed by atoms with van der Waals surface area (Å²) in [4.78, 5) is 34.9. The van der Waals surface area contributed by atoms with Crippen LogP contribution in [0.4, 0.5) is 0 Å². The van der Waals surface area contributed by atoms with Gasteiger partial charge in [0, 0.05) is 74.1 Å². The molecular formula is C30H35BrN4O4S. The standard InChI is InChI=1S/C30H35BrN4O4S/c1-21-25(17-22-6-9-24(31)10-7-22)29(37)33(2)30(32-21)40-16-4-3-5-28(36)35-14-12-34(13-15-35)19-23-8-11-26-27(18-23)39-20-38-26/h6-11,18H,3-5,12-17,19-20H2,1-2H3. The van der Waals surface area contributed by atoms with Crippen LogP contribution < -0.4 is 15.0 Å². The first-order valence-electron chi connectivity index (χ1n) is 13.7. The Balaban J connectivity index is 1.02. The Bertz CT molecular complexity index is 1400. The summed E-state index contributed by atoms with van der Waals surface area (Å²) in [5.41, 5.74) is 3.80. The predicted molar refractivity (Wildman–Crippen MR) is 160 cm³/mol. The van der Waals surface area contributed by atoms with E-state index in [0.717, 1.165) is 89.3 Å². The maximum Gasteiger partial charge on any atom is 0.257 e. The smallest absolute Gasteiger partial charge is 0.257 e. The van der Waals surface area contributed by atoms with E-state index in [1.165, 1.54) is 5.56 Å². The van der Waals surface area contributed by atoms with Crippen molar-refractivity contribution < 1.29 is 14.3 Å². The van der Waals surface area contributed by atoms with Crippen molar-refractivity contribution in [1.29, 1.82) is 0 Å². The van der Waals surface area contributed by atoms with Gasteiger partial charge in [-0.2, -0.15) is 0 Å². The molecule has 1 fully saturated rings. The topological polar surface area (TPSA) is 76.9 Å². The van der Waals surface area contributed by atoms with Crippen LogP contribution in [0, 0.1) is 6.92 Å². The van der Waals surface area contributed by atoms with Crippen molar-refractivity contribution in [3.63, 3.8) is 0 Å². The number of fused-ring (bicyclic) bond motifs is 1. The van der Waals surface area contributed by atoms with Gasteiger partial charge in [-0.15, -0.1) is 0 Å². The molecule has 1 amide bonds. The molecule has 0 spiro atoms. The minimum atomic E-state index is 0.00534. The second-order valence-electron chi connectivity index (χ2n) is 10.3. The first-order valence-corrected chi connectivity index (χ1v) is 15.5. The summed E-state index contributed by atoms with van der Waals surface area (Å²) in [6, 6.07) is 14.1. The summed E-state index contributed by atoms with van der Waals surface area (Å²) in [6.45, 7) is 6.30. The molecule has 8 nitrogen and oxygen atoms in total. The van der Waals surface area contributed by atoms with E-state index < -0.39 is 0 Å². The van der Waals surface area contributed by atoms with Gasteiger partial charge in [-0.05, 0) is 55.2 Å². The number of piperazine rings is 1. The van der Waals surface area contributed by atoms with Crippen LogP contribution in [0.25, 0.3) is 0 Å². The minimum Gasteiger partial charge on any atom is -0.454 e. The highest BCUT2D eigenvalue weighted by Gasteiger charge is 2.22. The zero-order valence-electron chi connectivity index (χ0n) is 23.0. The molecule has 2 aromatic carbocycles. The van der Waals surface area contributed by atoms with Gasteiger partial charge in [-0.3, -0.25) is 19.1 Å². The summed E-state index contributed by atoms with van der Waals surface area (Å²) in [7, 11) is 1.79. The maximum atomic E-state index is 13.0. The Kier molecular flexibility index (Phi) is 9.49. The maximum absolute atomic E-state index is 13.0. The number of hydrogen-bond acceptors (Lipinski definition) is 7. The first kappa shape index (κ1) is 28.7. The summed E-state index contributed by atoms with van der Waals surface area (Å²) in [6.07, 6.45) is 2.85. The lowest BCUT2D eigenvalue weighted by Crippen LogP contribution is -2.48. The number of carbonyl (C=O) groups is 1. The molecule has 0 bridgehead atoms. The molecule has 3 heterocycles. The molecule has 1 aromatic heterocycles. The van der Waals surface area contributed by atoms with Gasteiger partial charge < -0.3 is 14.4 Å². The second-order valence-corrected chi connectivity index (χ2v) is 12.3. The van der Waals surface area contributed by atoms with Gasteiger partial charge in [0.15, 0.2) is 16.7 Å². The Morgan fingerprint density at radius 1 is 1.00 bits per heavy atom. The molecule has 3 aromatic rings.